The summed E-state index contributed by atoms with van der Waals surface area (Å²) in [5.41, 5.74) is 2.97. The topological polar surface area (TPSA) is 142 Å². The van der Waals surface area contributed by atoms with E-state index in [0.29, 0.717) is 44.2 Å². The van der Waals surface area contributed by atoms with Gasteiger partial charge in [0.1, 0.15) is 5.75 Å². The van der Waals surface area contributed by atoms with Gasteiger partial charge in [-0.1, -0.05) is 23.5 Å². The summed E-state index contributed by atoms with van der Waals surface area (Å²) in [5.74, 6) is -0.640. The van der Waals surface area contributed by atoms with E-state index in [2.05, 4.69) is 10.3 Å². The van der Waals surface area contributed by atoms with Crippen LogP contribution in [0.4, 0.5) is 5.13 Å². The van der Waals surface area contributed by atoms with Crippen molar-refractivity contribution < 1.29 is 29.3 Å². The quantitative estimate of drug-likeness (QED) is 0.309. The third-order valence-electron chi connectivity index (χ3n) is 5.39. The van der Waals surface area contributed by atoms with Gasteiger partial charge in [0.25, 0.3) is 5.91 Å². The molecule has 10 heteroatoms. The smallest absolute Gasteiger partial charge is 0.337 e. The molecule has 1 atom stereocenters. The highest BCUT2D eigenvalue weighted by Crippen LogP contribution is 2.31. The van der Waals surface area contributed by atoms with Crippen molar-refractivity contribution in [3.05, 3.63) is 88.5 Å². The maximum absolute atomic E-state index is 13.3. The number of esters is 1. The maximum atomic E-state index is 13.3. The molecule has 0 radical (unpaired) electrons. The van der Waals surface area contributed by atoms with Gasteiger partial charge in [0.15, 0.2) is 5.13 Å². The Morgan fingerprint density at radius 3 is 2.33 bits per heavy atom. The Morgan fingerprint density at radius 2 is 1.72 bits per heavy atom. The molecule has 0 aliphatic heterocycles. The number of aliphatic hydroxyl groups is 2. The molecule has 1 amide bonds. The zero-order valence-corrected chi connectivity index (χ0v) is 19.9. The fourth-order valence-electron chi connectivity index (χ4n) is 3.51. The number of nitrogens with one attached hydrogen (secondary N) is 1. The first-order valence-electron chi connectivity index (χ1n) is 10.8. The molecule has 3 N–H and O–H groups in total. The lowest BCUT2D eigenvalue weighted by Crippen LogP contribution is -2.25. The minimum Gasteiger partial charge on any atom is -0.476 e. The molecule has 0 spiro atoms. The van der Waals surface area contributed by atoms with Crippen LogP contribution in [0.2, 0.25) is 0 Å². The lowest BCUT2D eigenvalue weighted by atomic mass is 10.1. The molecule has 1 unspecified atom stereocenters. The summed E-state index contributed by atoms with van der Waals surface area (Å²) in [7, 11) is 1.28. The predicted octanol–water partition coefficient (Wildman–Crippen LogP) is 3.70. The zero-order chi connectivity index (χ0) is 25.7. The Kier molecular flexibility index (Phi) is 7.56. The minimum atomic E-state index is -1.10. The molecule has 1 heterocycles. The molecule has 0 aliphatic carbocycles. The lowest BCUT2D eigenvalue weighted by Gasteiger charge is -2.19. The molecule has 182 valence electrons. The predicted molar refractivity (Wildman–Crippen MR) is 132 cm³/mol. The van der Waals surface area contributed by atoms with Gasteiger partial charge in [-0.3, -0.25) is 10.1 Å². The van der Waals surface area contributed by atoms with E-state index in [1.165, 1.54) is 30.6 Å². The SMILES string of the molecule is COC(=O)c1ccc(C(Oc2ccc(C#N)cc2)C(=O)Nc2nc3cc(CO)c(CO)cc3s2)cc1. The zero-order valence-electron chi connectivity index (χ0n) is 19.1. The van der Waals surface area contributed by atoms with E-state index in [0.717, 1.165) is 4.70 Å². The van der Waals surface area contributed by atoms with Crippen LogP contribution in [0.3, 0.4) is 0 Å². The van der Waals surface area contributed by atoms with E-state index in [9.17, 15) is 19.8 Å². The molecule has 0 aliphatic rings. The van der Waals surface area contributed by atoms with Crippen LogP contribution < -0.4 is 10.1 Å². The van der Waals surface area contributed by atoms with E-state index in [4.69, 9.17) is 14.7 Å². The van der Waals surface area contributed by atoms with Crippen LogP contribution in [0.15, 0.2) is 60.7 Å². The summed E-state index contributed by atoms with van der Waals surface area (Å²) < 4.78 is 11.4. The maximum Gasteiger partial charge on any atom is 0.337 e. The average Bonchev–Trinajstić information content (AvgIpc) is 3.31. The first-order valence-corrected chi connectivity index (χ1v) is 11.6. The van der Waals surface area contributed by atoms with Gasteiger partial charge in [0, 0.05) is 5.56 Å². The van der Waals surface area contributed by atoms with Crippen molar-refractivity contribution in [2.75, 3.05) is 12.4 Å². The van der Waals surface area contributed by atoms with Gasteiger partial charge < -0.3 is 19.7 Å². The third kappa shape index (κ3) is 5.34. The van der Waals surface area contributed by atoms with Gasteiger partial charge in [0.2, 0.25) is 6.10 Å². The van der Waals surface area contributed by atoms with Gasteiger partial charge in [-0.15, -0.1) is 0 Å². The van der Waals surface area contributed by atoms with Crippen molar-refractivity contribution in [2.24, 2.45) is 0 Å². The number of hydrogen-bond acceptors (Lipinski definition) is 9. The highest BCUT2D eigenvalue weighted by atomic mass is 32.1. The average molecular weight is 504 g/mol. The van der Waals surface area contributed by atoms with Crippen molar-refractivity contribution in [1.82, 2.24) is 4.98 Å². The van der Waals surface area contributed by atoms with Gasteiger partial charge in [0.05, 0.1) is 47.7 Å². The Bertz CT molecular complexity index is 1400. The van der Waals surface area contributed by atoms with Crippen molar-refractivity contribution in [1.29, 1.82) is 5.26 Å². The van der Waals surface area contributed by atoms with Crippen LogP contribution in [0.1, 0.15) is 38.7 Å². The molecule has 36 heavy (non-hydrogen) atoms. The number of methoxy groups -OCH3 is 1. The second kappa shape index (κ2) is 11.0. The largest absolute Gasteiger partial charge is 0.476 e. The number of hydrogen-bond donors (Lipinski definition) is 3. The molecule has 3 aromatic carbocycles. The fourth-order valence-corrected chi connectivity index (χ4v) is 4.42. The molecule has 0 bridgehead atoms. The number of fused-ring (bicyclic) bond motifs is 1. The van der Waals surface area contributed by atoms with E-state index < -0.39 is 18.0 Å². The van der Waals surface area contributed by atoms with Gasteiger partial charge >= 0.3 is 5.97 Å². The monoisotopic (exact) mass is 503 g/mol. The number of aromatic nitrogens is 1. The van der Waals surface area contributed by atoms with E-state index in [1.807, 2.05) is 6.07 Å². The van der Waals surface area contributed by atoms with E-state index in [-0.39, 0.29) is 13.2 Å². The number of benzene rings is 3. The van der Waals surface area contributed by atoms with Crippen LogP contribution in [-0.4, -0.2) is 34.2 Å². The second-order valence-electron chi connectivity index (χ2n) is 7.66. The highest BCUT2D eigenvalue weighted by molar-refractivity contribution is 7.22. The number of ether oxygens (including phenoxy) is 2. The number of carbonyl (C=O) groups is 2. The molecular formula is C26H21N3O6S. The van der Waals surface area contributed by atoms with Crippen LogP contribution in [0.25, 0.3) is 10.2 Å². The molecule has 0 saturated carbocycles. The first-order chi connectivity index (χ1) is 17.4. The van der Waals surface area contributed by atoms with Crippen molar-refractivity contribution >= 4 is 38.6 Å². The second-order valence-corrected chi connectivity index (χ2v) is 8.69. The fraction of sp³-hybridized carbons (Fsp3) is 0.154. The molecule has 9 nitrogen and oxygen atoms in total. The van der Waals surface area contributed by atoms with Crippen molar-refractivity contribution in [3.8, 4) is 11.8 Å². The standard InChI is InChI=1S/C26H21N3O6S/c1-34-25(33)17-6-4-16(5-7-17)23(35-20-8-2-15(12-27)3-9-20)24(32)29-26-28-21-10-18(13-30)19(14-31)11-22(21)36-26/h2-11,23,30-31H,13-14H2,1H3,(H,28,29,32). The number of rotatable bonds is 8. The Labute approximate surface area is 210 Å². The summed E-state index contributed by atoms with van der Waals surface area (Å²) in [6.45, 7) is -0.472. The summed E-state index contributed by atoms with van der Waals surface area (Å²) in [4.78, 5) is 29.6. The van der Waals surface area contributed by atoms with Crippen LogP contribution in [0.5, 0.6) is 5.75 Å². The molecular weight excluding hydrogens is 482 g/mol. The molecule has 0 fully saturated rings. The number of thiazole rings is 1. The first kappa shape index (κ1) is 24.8. The van der Waals surface area contributed by atoms with Crippen LogP contribution in [-0.2, 0) is 22.7 Å². The number of nitrogens with zero attached hydrogens (tertiary/aromatic N) is 2. The summed E-state index contributed by atoms with van der Waals surface area (Å²) in [5, 5.41) is 31.2. The van der Waals surface area contributed by atoms with Crippen LogP contribution >= 0.6 is 11.3 Å². The number of anilines is 1. The molecule has 1 aromatic heterocycles. The minimum absolute atomic E-state index is 0.229. The highest BCUT2D eigenvalue weighted by Gasteiger charge is 2.25. The van der Waals surface area contributed by atoms with E-state index in [1.54, 1.807) is 48.5 Å². The summed E-state index contributed by atoms with van der Waals surface area (Å²) in [6, 6.07) is 18.0. The van der Waals surface area contributed by atoms with Crippen molar-refractivity contribution in [3.63, 3.8) is 0 Å². The normalized spacial score (nSPS) is 11.5. The molecule has 0 saturated heterocycles. The number of amides is 1. The Hall–Kier alpha value is -4.30. The van der Waals surface area contributed by atoms with E-state index >= 15 is 0 Å². The van der Waals surface area contributed by atoms with Gasteiger partial charge in [-0.05, 0) is 59.7 Å². The summed E-state index contributed by atoms with van der Waals surface area (Å²) >= 11 is 1.22. The molecule has 4 rings (SSSR count). The lowest BCUT2D eigenvalue weighted by molar-refractivity contribution is -0.123. The third-order valence-corrected chi connectivity index (χ3v) is 6.32. The molecule has 4 aromatic rings. The Morgan fingerprint density at radius 1 is 1.06 bits per heavy atom. The van der Waals surface area contributed by atoms with Crippen molar-refractivity contribution in [2.45, 2.75) is 19.3 Å². The van der Waals surface area contributed by atoms with Crippen LogP contribution in [0, 0.1) is 11.3 Å². The number of carbonyl (C=O) groups excluding carboxylic acids is 2. The Balaban J connectivity index is 1.64. The summed E-state index contributed by atoms with van der Waals surface area (Å²) in [6.07, 6.45) is -1.10. The number of nitriles is 1. The van der Waals surface area contributed by atoms with Gasteiger partial charge in [-0.25, -0.2) is 9.78 Å². The van der Waals surface area contributed by atoms with Gasteiger partial charge in [-0.2, -0.15) is 5.26 Å². The number of aliphatic hydroxyl groups excluding tert-OH is 2.